The number of aromatic hydroxyl groups is 2. The minimum Gasteiger partial charge on any atom is -0.506 e. The second kappa shape index (κ2) is 27.2. The lowest BCUT2D eigenvalue weighted by molar-refractivity contribution is 0.0389. The van der Waals surface area contributed by atoms with Crippen molar-refractivity contribution in [2.75, 3.05) is 78.8 Å². The number of phenols is 2. The quantitative estimate of drug-likeness (QED) is 0.0568. The van der Waals surface area contributed by atoms with Crippen LogP contribution in [0.4, 0.5) is 0 Å². The number of phenolic OH excluding ortho intramolecular Hbond substituents is 2. The molecule has 83 heavy (non-hydrogen) atoms. The van der Waals surface area contributed by atoms with Crippen LogP contribution in [0.2, 0.25) is 0 Å². The Bertz CT molecular complexity index is 3650. The molecule has 4 aromatic carbocycles. The third-order valence-corrected chi connectivity index (χ3v) is 14.8. The first-order valence-corrected chi connectivity index (χ1v) is 28.4. The Morgan fingerprint density at radius 3 is 1.57 bits per heavy atom. The van der Waals surface area contributed by atoms with Crippen molar-refractivity contribution >= 4 is 69.9 Å². The number of amides is 3. The van der Waals surface area contributed by atoms with Gasteiger partial charge < -0.3 is 45.6 Å². The number of aromatic amines is 2. The van der Waals surface area contributed by atoms with Crippen molar-refractivity contribution in [3.63, 3.8) is 0 Å². The number of nitrogens with one attached hydrogen (secondary N) is 5. The molecule has 3 aliphatic heterocycles. The van der Waals surface area contributed by atoms with Gasteiger partial charge in [0.15, 0.2) is 5.78 Å². The molecule has 3 amide bonds. The van der Waals surface area contributed by atoms with Gasteiger partial charge in [0.25, 0.3) is 17.7 Å². The molecule has 3 aromatic heterocycles. The van der Waals surface area contributed by atoms with Crippen LogP contribution in [0, 0.1) is 6.92 Å². The number of rotatable bonds is 12. The van der Waals surface area contributed by atoms with Gasteiger partial charge in [0.1, 0.15) is 11.5 Å². The summed E-state index contributed by atoms with van der Waals surface area (Å²) in [4.78, 5) is 76.1. The molecule has 6 heterocycles. The fourth-order valence-electron chi connectivity index (χ4n) is 10.4. The molecule has 17 nitrogen and oxygen atoms in total. The largest absolute Gasteiger partial charge is 0.506 e. The Hall–Kier alpha value is -9.00. The number of carbonyl (C=O) groups is 4. The summed E-state index contributed by atoms with van der Waals surface area (Å²) in [7, 11) is 0. The second-order valence-corrected chi connectivity index (χ2v) is 20.8. The van der Waals surface area contributed by atoms with Crippen LogP contribution in [0.5, 0.6) is 11.5 Å². The first-order valence-electron chi connectivity index (χ1n) is 28.4. The summed E-state index contributed by atoms with van der Waals surface area (Å²) in [6.45, 7) is 9.04. The Balaban J connectivity index is 0.893. The van der Waals surface area contributed by atoms with Gasteiger partial charge >= 0.3 is 0 Å². The molecule has 426 valence electrons. The van der Waals surface area contributed by atoms with Gasteiger partial charge in [-0.05, 0) is 128 Å². The highest BCUT2D eigenvalue weighted by atomic mass is 16.5. The van der Waals surface area contributed by atoms with E-state index >= 15 is 0 Å². The number of ether oxygens (including phenoxy) is 2. The summed E-state index contributed by atoms with van der Waals surface area (Å²) >= 11 is 0. The van der Waals surface area contributed by atoms with Gasteiger partial charge in [-0.15, -0.1) is 0 Å². The van der Waals surface area contributed by atoms with Gasteiger partial charge in [0, 0.05) is 98.6 Å². The van der Waals surface area contributed by atoms with Crippen LogP contribution >= 0.6 is 0 Å². The molecule has 7 N–H and O–H groups in total. The number of hydrogen-bond donors (Lipinski definition) is 7. The van der Waals surface area contributed by atoms with E-state index in [-0.39, 0.29) is 59.8 Å². The third-order valence-electron chi connectivity index (χ3n) is 14.8. The smallest absolute Gasteiger partial charge is 0.255 e. The number of fused-ring (bicyclic) bond motifs is 12. The molecule has 0 unspecified atom stereocenters. The number of nitrogens with zero attached hydrogens (tertiary/aromatic N) is 4. The number of para-hydroxylation sites is 2. The highest BCUT2D eigenvalue weighted by Crippen LogP contribution is 2.33. The number of Topliss-reactive ketones (excluding diaryl/α,β-unsaturated/α-hetero) is 1. The second-order valence-electron chi connectivity index (χ2n) is 20.8. The van der Waals surface area contributed by atoms with Crippen molar-refractivity contribution < 1.29 is 38.9 Å². The normalized spacial score (nSPS) is 15.2. The van der Waals surface area contributed by atoms with Crippen LogP contribution in [0.3, 0.4) is 0 Å². The lowest BCUT2D eigenvalue weighted by Crippen LogP contribution is -2.41. The predicted molar refractivity (Wildman–Crippen MR) is 325 cm³/mol. The number of H-pyrrole nitrogens is 2. The first-order chi connectivity index (χ1) is 40.5. The molecule has 0 saturated heterocycles. The number of hydrogen-bond acceptors (Lipinski definition) is 12. The lowest BCUT2D eigenvalue weighted by Gasteiger charge is -2.23. The zero-order valence-corrected chi connectivity index (χ0v) is 46.8. The first kappa shape index (κ1) is 57.2. The van der Waals surface area contributed by atoms with Crippen molar-refractivity contribution in [1.82, 2.24) is 45.7 Å². The summed E-state index contributed by atoms with van der Waals surface area (Å²) in [5, 5.41) is 31.3. The zero-order chi connectivity index (χ0) is 57.7. The minimum atomic E-state index is -0.552. The fourth-order valence-corrected chi connectivity index (χ4v) is 10.4. The number of aryl methyl sites for hydroxylation is 1. The topological polar surface area (TPSA) is 227 Å². The van der Waals surface area contributed by atoms with E-state index in [4.69, 9.17) is 19.4 Å². The molecule has 0 aliphatic carbocycles. The standard InChI is InChI=1S/C66H69N9O8/c1-3-36-82-38-39-83-37-35-74-32-28-67-64(79)52-8-4-7-51(62(52)77)59(76)11-6-31-75(34-30-69-66(81)54-10-5-9-53(63(54)78)65(80)68-29-33-74)42-44-14-18-46(19-15-44)61-57-26-22-49(72-57)40-47-20-24-55(70-47)60(45-16-12-43(2)13-17-45)56-25-21-48(71-56)41-50-23-27-58(61)73-50/h4-5,7-10,12-27,40-41,70,72,77-78H,3,6,11,28-39,42H2,1-2H3,(H,67,79)(H,68,80)(H,69,81). The number of aromatic nitrogens is 4. The van der Waals surface area contributed by atoms with Crippen LogP contribution in [0.15, 0.2) is 121 Å². The van der Waals surface area contributed by atoms with Gasteiger partial charge in [-0.25, -0.2) is 9.97 Å². The molecule has 0 fully saturated rings. The van der Waals surface area contributed by atoms with E-state index in [0.717, 1.165) is 79.1 Å². The van der Waals surface area contributed by atoms with Gasteiger partial charge in [-0.2, -0.15) is 0 Å². The maximum absolute atomic E-state index is 13.8. The molecular weight excluding hydrogens is 1050 g/mol. The molecule has 0 atom stereocenters. The Kier molecular flexibility index (Phi) is 18.7. The SMILES string of the molecule is CCCOCCOCCN1CCNC(=O)c2cccc(c2O)C(=O)CCCN(Cc2ccc(-c3c4nc(cc5nc(c(-c6ccc(C)cc6)c6ccc(cc7ccc3[nH]7)[nH]6)C=C5)C=C4)cc2)CCNC(=O)c2cccc(c2O)C(=O)NCC1. The van der Waals surface area contributed by atoms with Gasteiger partial charge in [0.2, 0.25) is 0 Å². The number of ketones is 1. The Labute approximate surface area is 482 Å². The third kappa shape index (κ3) is 14.4. The molecule has 12 bridgehead atoms. The van der Waals surface area contributed by atoms with Crippen LogP contribution in [0.25, 0.3) is 68.6 Å². The van der Waals surface area contributed by atoms with Gasteiger partial charge in [0.05, 0.1) is 64.9 Å². The number of carbonyl (C=O) groups excluding carboxylic acids is 4. The lowest BCUT2D eigenvalue weighted by atomic mass is 10.0. The molecular formula is C66H69N9O8. The van der Waals surface area contributed by atoms with E-state index in [0.29, 0.717) is 72.1 Å². The van der Waals surface area contributed by atoms with Crippen LogP contribution in [0.1, 0.15) is 102 Å². The van der Waals surface area contributed by atoms with Gasteiger partial charge in [-0.1, -0.05) is 73.2 Å². The Morgan fingerprint density at radius 1 is 0.530 bits per heavy atom. The van der Waals surface area contributed by atoms with Gasteiger partial charge in [-0.3, -0.25) is 29.0 Å². The van der Waals surface area contributed by atoms with Crippen molar-refractivity contribution in [2.24, 2.45) is 0 Å². The highest BCUT2D eigenvalue weighted by molar-refractivity contribution is 6.05. The summed E-state index contributed by atoms with van der Waals surface area (Å²) in [5.41, 5.74) is 12.9. The molecule has 17 heteroatoms. The van der Waals surface area contributed by atoms with E-state index in [1.165, 1.54) is 29.8 Å². The summed E-state index contributed by atoms with van der Waals surface area (Å²) in [5.74, 6) is -2.76. The maximum Gasteiger partial charge on any atom is 0.255 e. The summed E-state index contributed by atoms with van der Waals surface area (Å²) in [6.07, 6.45) is 9.47. The average Bonchev–Trinajstić information content (AvgIpc) is 4.45. The maximum atomic E-state index is 13.8. The zero-order valence-electron chi connectivity index (χ0n) is 46.8. The monoisotopic (exact) mass is 1120 g/mol. The minimum absolute atomic E-state index is 0.0127. The van der Waals surface area contributed by atoms with E-state index in [2.05, 4.69) is 117 Å². The van der Waals surface area contributed by atoms with Crippen LogP contribution in [-0.4, -0.2) is 142 Å². The average molecular weight is 1120 g/mol. The van der Waals surface area contributed by atoms with Crippen LogP contribution in [-0.2, 0) is 16.0 Å². The summed E-state index contributed by atoms with van der Waals surface area (Å²) in [6, 6.07) is 38.2. The molecule has 7 aromatic rings. The van der Waals surface area contributed by atoms with E-state index in [1.54, 1.807) is 12.1 Å². The van der Waals surface area contributed by atoms with E-state index in [9.17, 15) is 29.4 Å². The fraction of sp³-hybridized carbons (Fsp3) is 0.273. The van der Waals surface area contributed by atoms with Crippen molar-refractivity contribution in [1.29, 1.82) is 0 Å². The highest BCUT2D eigenvalue weighted by Gasteiger charge is 2.23. The molecule has 0 spiro atoms. The molecule has 0 saturated carbocycles. The van der Waals surface area contributed by atoms with Crippen molar-refractivity contribution in [2.45, 2.75) is 39.7 Å². The number of benzene rings is 4. The molecule has 3 aliphatic rings. The van der Waals surface area contributed by atoms with Crippen LogP contribution < -0.4 is 16.0 Å². The van der Waals surface area contributed by atoms with E-state index < -0.39 is 23.5 Å². The predicted octanol–water partition coefficient (Wildman–Crippen LogP) is 9.82. The Morgan fingerprint density at radius 2 is 1.02 bits per heavy atom. The molecule has 10 rings (SSSR count). The van der Waals surface area contributed by atoms with Crippen molar-refractivity contribution in [3.05, 3.63) is 177 Å². The van der Waals surface area contributed by atoms with Crippen molar-refractivity contribution in [3.8, 4) is 33.8 Å². The summed E-state index contributed by atoms with van der Waals surface area (Å²) < 4.78 is 11.3. The molecule has 0 radical (unpaired) electrons. The van der Waals surface area contributed by atoms with E-state index in [1.807, 2.05) is 42.2 Å².